The van der Waals surface area contributed by atoms with Crippen molar-refractivity contribution in [1.82, 2.24) is 9.78 Å². The van der Waals surface area contributed by atoms with Crippen LogP contribution in [0.1, 0.15) is 18.3 Å². The zero-order valence-corrected chi connectivity index (χ0v) is 11.8. The van der Waals surface area contributed by atoms with E-state index in [1.807, 2.05) is 13.0 Å². The van der Waals surface area contributed by atoms with Crippen LogP contribution in [0, 0.1) is 0 Å². The predicted octanol–water partition coefficient (Wildman–Crippen LogP) is 1.54. The summed E-state index contributed by atoms with van der Waals surface area (Å²) in [5, 5.41) is 4.25. The average Bonchev–Trinajstić information content (AvgIpc) is 2.70. The van der Waals surface area contributed by atoms with Crippen LogP contribution in [0.15, 0.2) is 35.2 Å². The second-order valence-electron chi connectivity index (χ2n) is 4.43. The summed E-state index contributed by atoms with van der Waals surface area (Å²) in [6.07, 6.45) is 0.787. The van der Waals surface area contributed by atoms with Crippen LogP contribution in [0.2, 0.25) is 0 Å². The molecule has 0 amide bonds. The highest BCUT2D eigenvalue weighted by molar-refractivity contribution is 7.90. The molecule has 0 aliphatic rings. The van der Waals surface area contributed by atoms with Gasteiger partial charge in [0.2, 0.25) is 0 Å². The smallest absolute Gasteiger partial charge is 0.184 e. The number of nitrogen functional groups attached to an aromatic ring is 1. The van der Waals surface area contributed by atoms with Crippen LogP contribution in [0.25, 0.3) is 0 Å². The van der Waals surface area contributed by atoms with Gasteiger partial charge in [-0.25, -0.2) is 8.42 Å². The first kappa shape index (κ1) is 13.6. The van der Waals surface area contributed by atoms with E-state index in [0.29, 0.717) is 11.4 Å². The van der Waals surface area contributed by atoms with Crippen LogP contribution in [0.4, 0.5) is 5.69 Å². The number of aryl methyl sites for hydroxylation is 2. The fraction of sp³-hybridized carbons (Fsp3) is 0.308. The second kappa shape index (κ2) is 5.05. The second-order valence-corrected chi connectivity index (χ2v) is 6.42. The molecule has 102 valence electrons. The normalized spacial score (nSPS) is 11.7. The molecule has 0 saturated carbocycles. The zero-order valence-electron chi connectivity index (χ0n) is 11.0. The van der Waals surface area contributed by atoms with Crippen LogP contribution >= 0.6 is 0 Å². The van der Waals surface area contributed by atoms with Gasteiger partial charge >= 0.3 is 0 Å². The van der Waals surface area contributed by atoms with Gasteiger partial charge in [-0.15, -0.1) is 0 Å². The molecule has 0 unspecified atom stereocenters. The number of nitrogens with zero attached hydrogens (tertiary/aromatic N) is 2. The fourth-order valence-corrected chi connectivity index (χ4v) is 3.21. The summed E-state index contributed by atoms with van der Waals surface area (Å²) in [5.74, 6) is -0.0551. The maximum atomic E-state index is 12.3. The Kier molecular flexibility index (Phi) is 3.61. The van der Waals surface area contributed by atoms with Gasteiger partial charge in [0.25, 0.3) is 0 Å². The first-order valence-electron chi connectivity index (χ1n) is 6.02. The topological polar surface area (TPSA) is 78.0 Å². The van der Waals surface area contributed by atoms with Crippen molar-refractivity contribution in [3.8, 4) is 0 Å². The number of hydrogen-bond donors (Lipinski definition) is 1. The largest absolute Gasteiger partial charge is 0.399 e. The Morgan fingerprint density at radius 2 is 1.89 bits per heavy atom. The molecular formula is C13H17N3O2S. The first-order valence-corrected chi connectivity index (χ1v) is 7.67. The van der Waals surface area contributed by atoms with Crippen LogP contribution in [0.5, 0.6) is 0 Å². The molecule has 0 fully saturated rings. The Morgan fingerprint density at radius 1 is 1.26 bits per heavy atom. The number of nitrogens with two attached hydrogens (primary N) is 1. The van der Waals surface area contributed by atoms with Crippen molar-refractivity contribution in [2.24, 2.45) is 7.05 Å². The molecule has 2 aromatic rings. The lowest BCUT2D eigenvalue weighted by molar-refractivity contribution is 0.591. The third kappa shape index (κ3) is 2.96. The van der Waals surface area contributed by atoms with Crippen LogP contribution in [0.3, 0.4) is 0 Å². The van der Waals surface area contributed by atoms with E-state index in [4.69, 9.17) is 5.73 Å². The van der Waals surface area contributed by atoms with Crippen LogP contribution in [-0.4, -0.2) is 18.2 Å². The number of rotatable bonds is 4. The minimum atomic E-state index is -3.36. The predicted molar refractivity (Wildman–Crippen MR) is 74.3 cm³/mol. The molecule has 0 radical (unpaired) electrons. The fourth-order valence-electron chi connectivity index (χ4n) is 1.83. The summed E-state index contributed by atoms with van der Waals surface area (Å²) >= 11 is 0. The Bertz CT molecular complexity index is 672. The Labute approximate surface area is 113 Å². The molecule has 6 heteroatoms. The van der Waals surface area contributed by atoms with Gasteiger partial charge in [0.15, 0.2) is 9.84 Å². The summed E-state index contributed by atoms with van der Waals surface area (Å²) in [6, 6.07) is 8.07. The van der Waals surface area contributed by atoms with Gasteiger partial charge in [-0.3, -0.25) is 4.68 Å². The van der Waals surface area contributed by atoms with Gasteiger partial charge in [0.1, 0.15) is 0 Å². The van der Waals surface area contributed by atoms with Gasteiger partial charge in [-0.1, -0.05) is 6.92 Å². The average molecular weight is 279 g/mol. The van der Waals surface area contributed by atoms with Gasteiger partial charge in [0, 0.05) is 12.7 Å². The molecule has 0 saturated heterocycles. The highest BCUT2D eigenvalue weighted by Gasteiger charge is 2.18. The monoisotopic (exact) mass is 279 g/mol. The Balaban J connectivity index is 2.30. The summed E-state index contributed by atoms with van der Waals surface area (Å²) in [6.45, 7) is 1.99. The van der Waals surface area contributed by atoms with E-state index in [-0.39, 0.29) is 10.6 Å². The molecular weight excluding hydrogens is 262 g/mol. The molecule has 0 aliphatic heterocycles. The number of anilines is 1. The number of sulfone groups is 1. The molecule has 1 aromatic carbocycles. The van der Waals surface area contributed by atoms with Gasteiger partial charge in [-0.05, 0) is 36.8 Å². The van der Waals surface area contributed by atoms with Crippen molar-refractivity contribution in [1.29, 1.82) is 0 Å². The maximum absolute atomic E-state index is 12.3. The van der Waals surface area contributed by atoms with E-state index >= 15 is 0 Å². The lowest BCUT2D eigenvalue weighted by Crippen LogP contribution is -2.08. The van der Waals surface area contributed by atoms with Crippen molar-refractivity contribution in [2.75, 3.05) is 5.73 Å². The van der Waals surface area contributed by atoms with Crippen molar-refractivity contribution in [3.63, 3.8) is 0 Å². The zero-order chi connectivity index (χ0) is 14.0. The molecule has 1 aromatic heterocycles. The molecule has 2 N–H and O–H groups in total. The van der Waals surface area contributed by atoms with E-state index < -0.39 is 9.84 Å². The molecule has 5 nitrogen and oxygen atoms in total. The van der Waals surface area contributed by atoms with Gasteiger partial charge in [0.05, 0.1) is 22.0 Å². The van der Waals surface area contributed by atoms with Gasteiger partial charge < -0.3 is 5.73 Å². The summed E-state index contributed by atoms with van der Waals surface area (Å²) < 4.78 is 26.2. The van der Waals surface area contributed by atoms with E-state index in [2.05, 4.69) is 5.10 Å². The maximum Gasteiger partial charge on any atom is 0.184 e. The Morgan fingerprint density at radius 3 is 2.42 bits per heavy atom. The molecule has 1 heterocycles. The molecule has 0 atom stereocenters. The van der Waals surface area contributed by atoms with Crippen molar-refractivity contribution in [2.45, 2.75) is 24.0 Å². The third-order valence-electron chi connectivity index (χ3n) is 2.97. The quantitative estimate of drug-likeness (QED) is 0.861. The molecule has 0 spiro atoms. The minimum absolute atomic E-state index is 0.0551. The van der Waals surface area contributed by atoms with Crippen molar-refractivity contribution < 1.29 is 8.42 Å². The summed E-state index contributed by atoms with van der Waals surface area (Å²) in [7, 11) is -1.61. The van der Waals surface area contributed by atoms with Crippen molar-refractivity contribution in [3.05, 3.63) is 41.7 Å². The lowest BCUT2D eigenvalue weighted by Gasteiger charge is -2.05. The highest BCUT2D eigenvalue weighted by atomic mass is 32.2. The van der Waals surface area contributed by atoms with E-state index in [1.54, 1.807) is 23.9 Å². The standard InChI is InChI=1S/C13H17N3O2S/c1-3-11-8-12(16(2)15-11)9-19(17,18)13-6-4-10(14)5-7-13/h4-8H,3,9,14H2,1-2H3. The van der Waals surface area contributed by atoms with E-state index in [1.165, 1.54) is 12.1 Å². The molecule has 2 rings (SSSR count). The van der Waals surface area contributed by atoms with Crippen molar-refractivity contribution >= 4 is 15.5 Å². The SMILES string of the molecule is CCc1cc(CS(=O)(=O)c2ccc(N)cc2)n(C)n1. The number of aromatic nitrogens is 2. The highest BCUT2D eigenvalue weighted by Crippen LogP contribution is 2.18. The summed E-state index contributed by atoms with van der Waals surface area (Å²) in [5.41, 5.74) is 7.69. The number of benzene rings is 1. The number of hydrogen-bond acceptors (Lipinski definition) is 4. The third-order valence-corrected chi connectivity index (χ3v) is 4.63. The van der Waals surface area contributed by atoms with Crippen LogP contribution < -0.4 is 5.73 Å². The van der Waals surface area contributed by atoms with Gasteiger partial charge in [-0.2, -0.15) is 5.10 Å². The minimum Gasteiger partial charge on any atom is -0.399 e. The Hall–Kier alpha value is -1.82. The van der Waals surface area contributed by atoms with E-state index in [0.717, 1.165) is 12.1 Å². The van der Waals surface area contributed by atoms with E-state index in [9.17, 15) is 8.42 Å². The molecule has 19 heavy (non-hydrogen) atoms. The molecule has 0 aliphatic carbocycles. The van der Waals surface area contributed by atoms with Crippen LogP contribution in [-0.2, 0) is 29.1 Å². The molecule has 0 bridgehead atoms. The summed E-state index contributed by atoms with van der Waals surface area (Å²) in [4.78, 5) is 0.279. The lowest BCUT2D eigenvalue weighted by atomic mass is 10.3. The first-order chi connectivity index (χ1) is 8.92.